The van der Waals surface area contributed by atoms with E-state index in [-0.39, 0.29) is 5.56 Å². The van der Waals surface area contributed by atoms with Crippen molar-refractivity contribution in [3.8, 4) is 6.07 Å². The number of aromatic carboxylic acids is 1. The lowest BCUT2D eigenvalue weighted by molar-refractivity contribution is 0.0699. The van der Waals surface area contributed by atoms with Crippen LogP contribution in [0.2, 0.25) is 0 Å². The van der Waals surface area contributed by atoms with Gasteiger partial charge in [0.25, 0.3) is 0 Å². The number of nitrogens with zero attached hydrogens (tertiary/aromatic N) is 1. The smallest absolute Gasteiger partial charge is 0.336 e. The standard InChI is InChI=1S/C12H7NO2/c13-7-8-3-1-5-10-9(8)4-2-6-11(10)12(14)15/h1-6H,(H,14,15). The van der Waals surface area contributed by atoms with Gasteiger partial charge < -0.3 is 5.11 Å². The summed E-state index contributed by atoms with van der Waals surface area (Å²) < 4.78 is 0. The highest BCUT2D eigenvalue weighted by Gasteiger charge is 2.09. The molecule has 0 saturated carbocycles. The normalized spacial score (nSPS) is 9.80. The first-order valence-corrected chi connectivity index (χ1v) is 4.39. The minimum atomic E-state index is -0.976. The first kappa shape index (κ1) is 9.22. The molecule has 1 N–H and O–H groups in total. The predicted molar refractivity (Wildman–Crippen MR) is 55.6 cm³/mol. The van der Waals surface area contributed by atoms with Gasteiger partial charge in [-0.1, -0.05) is 24.3 Å². The minimum absolute atomic E-state index is 0.226. The average Bonchev–Trinajstić information content (AvgIpc) is 2.27. The molecular weight excluding hydrogens is 190 g/mol. The first-order valence-electron chi connectivity index (χ1n) is 4.39. The van der Waals surface area contributed by atoms with E-state index in [9.17, 15) is 4.79 Å². The van der Waals surface area contributed by atoms with Gasteiger partial charge in [0.2, 0.25) is 0 Å². The third-order valence-corrected chi connectivity index (χ3v) is 2.27. The molecule has 0 heterocycles. The van der Waals surface area contributed by atoms with Crippen LogP contribution in [0.1, 0.15) is 15.9 Å². The Labute approximate surface area is 86.2 Å². The van der Waals surface area contributed by atoms with Gasteiger partial charge in [-0.15, -0.1) is 0 Å². The summed E-state index contributed by atoms with van der Waals surface area (Å²) in [5.74, 6) is -0.976. The van der Waals surface area contributed by atoms with Crippen molar-refractivity contribution in [1.29, 1.82) is 5.26 Å². The van der Waals surface area contributed by atoms with Crippen molar-refractivity contribution >= 4 is 16.7 Å². The molecule has 2 aromatic carbocycles. The summed E-state index contributed by atoms with van der Waals surface area (Å²) in [4.78, 5) is 10.9. The van der Waals surface area contributed by atoms with E-state index < -0.39 is 5.97 Å². The molecule has 0 atom stereocenters. The van der Waals surface area contributed by atoms with Crippen LogP contribution in [0.4, 0.5) is 0 Å². The Morgan fingerprint density at radius 3 is 2.47 bits per heavy atom. The zero-order chi connectivity index (χ0) is 10.8. The van der Waals surface area contributed by atoms with E-state index in [1.165, 1.54) is 6.07 Å². The molecule has 0 radical (unpaired) electrons. The number of nitriles is 1. The maximum atomic E-state index is 10.9. The van der Waals surface area contributed by atoms with Crippen molar-refractivity contribution in [2.75, 3.05) is 0 Å². The molecule has 0 aliphatic carbocycles. The van der Waals surface area contributed by atoms with E-state index in [1.807, 2.05) is 6.07 Å². The Balaban J connectivity index is 2.90. The van der Waals surface area contributed by atoms with Crippen LogP contribution >= 0.6 is 0 Å². The van der Waals surface area contributed by atoms with E-state index in [0.29, 0.717) is 16.3 Å². The van der Waals surface area contributed by atoms with Crippen LogP contribution in [0, 0.1) is 11.3 Å². The molecule has 0 aromatic heterocycles. The fourth-order valence-electron chi connectivity index (χ4n) is 1.59. The summed E-state index contributed by atoms with van der Waals surface area (Å²) in [5, 5.41) is 19.1. The van der Waals surface area contributed by atoms with Gasteiger partial charge in [0, 0.05) is 5.39 Å². The summed E-state index contributed by atoms with van der Waals surface area (Å²) in [6.45, 7) is 0. The van der Waals surface area contributed by atoms with Crippen molar-refractivity contribution in [2.45, 2.75) is 0 Å². The monoisotopic (exact) mass is 197 g/mol. The molecule has 72 valence electrons. The van der Waals surface area contributed by atoms with Crippen molar-refractivity contribution in [1.82, 2.24) is 0 Å². The third-order valence-electron chi connectivity index (χ3n) is 2.27. The fraction of sp³-hybridized carbons (Fsp3) is 0. The molecule has 15 heavy (non-hydrogen) atoms. The predicted octanol–water partition coefficient (Wildman–Crippen LogP) is 2.41. The van der Waals surface area contributed by atoms with Crippen LogP contribution in [0.25, 0.3) is 10.8 Å². The third kappa shape index (κ3) is 1.42. The molecule has 0 saturated heterocycles. The highest BCUT2D eigenvalue weighted by Crippen LogP contribution is 2.21. The van der Waals surface area contributed by atoms with Gasteiger partial charge in [-0.05, 0) is 17.5 Å². The van der Waals surface area contributed by atoms with Gasteiger partial charge in [-0.3, -0.25) is 0 Å². The van der Waals surface area contributed by atoms with Crippen LogP contribution in [0.3, 0.4) is 0 Å². The lowest BCUT2D eigenvalue weighted by atomic mass is 10.0. The summed E-state index contributed by atoms with van der Waals surface area (Å²) in [6.07, 6.45) is 0. The highest BCUT2D eigenvalue weighted by atomic mass is 16.4. The van der Waals surface area contributed by atoms with Gasteiger partial charge >= 0.3 is 5.97 Å². The average molecular weight is 197 g/mol. The number of carboxylic acid groups (broad SMARTS) is 1. The molecule has 0 aliphatic rings. The number of fused-ring (bicyclic) bond motifs is 1. The molecule has 0 aliphatic heterocycles. The number of carboxylic acids is 1. The molecule has 0 amide bonds. The number of carbonyl (C=O) groups is 1. The van der Waals surface area contributed by atoms with Crippen LogP contribution in [0.5, 0.6) is 0 Å². The molecule has 0 spiro atoms. The molecule has 3 nitrogen and oxygen atoms in total. The summed E-state index contributed by atoms with van der Waals surface area (Å²) in [6, 6.07) is 12.0. The zero-order valence-corrected chi connectivity index (χ0v) is 7.77. The number of benzene rings is 2. The fourth-order valence-corrected chi connectivity index (χ4v) is 1.59. The van der Waals surface area contributed by atoms with E-state index in [2.05, 4.69) is 0 Å². The Morgan fingerprint density at radius 1 is 1.13 bits per heavy atom. The topological polar surface area (TPSA) is 61.1 Å². The Bertz CT molecular complexity index is 582. The summed E-state index contributed by atoms with van der Waals surface area (Å²) in [5.41, 5.74) is 0.722. The Morgan fingerprint density at radius 2 is 1.80 bits per heavy atom. The highest BCUT2D eigenvalue weighted by molar-refractivity contribution is 6.05. The van der Waals surface area contributed by atoms with E-state index >= 15 is 0 Å². The molecular formula is C12H7NO2. The molecule has 3 heteroatoms. The molecule has 0 bridgehead atoms. The minimum Gasteiger partial charge on any atom is -0.478 e. The Kier molecular flexibility index (Phi) is 2.11. The van der Waals surface area contributed by atoms with Crippen LogP contribution < -0.4 is 0 Å². The van der Waals surface area contributed by atoms with Crippen molar-refractivity contribution in [3.63, 3.8) is 0 Å². The second-order valence-electron chi connectivity index (χ2n) is 3.12. The Hall–Kier alpha value is -2.34. The van der Waals surface area contributed by atoms with E-state index in [4.69, 9.17) is 10.4 Å². The van der Waals surface area contributed by atoms with Crippen LogP contribution in [-0.4, -0.2) is 11.1 Å². The summed E-state index contributed by atoms with van der Waals surface area (Å²) >= 11 is 0. The first-order chi connectivity index (χ1) is 7.24. The molecule has 0 fully saturated rings. The summed E-state index contributed by atoms with van der Waals surface area (Å²) in [7, 11) is 0. The molecule has 2 aromatic rings. The second-order valence-corrected chi connectivity index (χ2v) is 3.12. The lowest BCUT2D eigenvalue weighted by Gasteiger charge is -2.02. The SMILES string of the molecule is N#Cc1cccc2c(C(=O)O)cccc12. The second kappa shape index (κ2) is 3.43. The zero-order valence-electron chi connectivity index (χ0n) is 7.77. The number of hydrogen-bond donors (Lipinski definition) is 1. The van der Waals surface area contributed by atoms with Gasteiger partial charge in [0.1, 0.15) is 0 Å². The van der Waals surface area contributed by atoms with Gasteiger partial charge in [-0.2, -0.15) is 5.26 Å². The van der Waals surface area contributed by atoms with Crippen molar-refractivity contribution in [3.05, 3.63) is 47.5 Å². The maximum Gasteiger partial charge on any atom is 0.336 e. The molecule has 0 unspecified atom stereocenters. The largest absolute Gasteiger partial charge is 0.478 e. The molecule has 2 rings (SSSR count). The van der Waals surface area contributed by atoms with E-state index in [0.717, 1.165) is 0 Å². The number of hydrogen-bond acceptors (Lipinski definition) is 2. The lowest BCUT2D eigenvalue weighted by Crippen LogP contribution is -1.97. The van der Waals surface area contributed by atoms with E-state index in [1.54, 1.807) is 30.3 Å². The van der Waals surface area contributed by atoms with Gasteiger partial charge in [-0.25, -0.2) is 4.79 Å². The van der Waals surface area contributed by atoms with Crippen molar-refractivity contribution < 1.29 is 9.90 Å². The van der Waals surface area contributed by atoms with Crippen LogP contribution in [-0.2, 0) is 0 Å². The van der Waals surface area contributed by atoms with Gasteiger partial charge in [0.15, 0.2) is 0 Å². The van der Waals surface area contributed by atoms with Crippen LogP contribution in [0.15, 0.2) is 36.4 Å². The van der Waals surface area contributed by atoms with Crippen molar-refractivity contribution in [2.24, 2.45) is 0 Å². The van der Waals surface area contributed by atoms with Gasteiger partial charge in [0.05, 0.1) is 17.2 Å². The quantitative estimate of drug-likeness (QED) is 0.763. The number of rotatable bonds is 1. The maximum absolute atomic E-state index is 10.9.